The highest BCUT2D eigenvalue weighted by Crippen LogP contribution is 2.29. The summed E-state index contributed by atoms with van der Waals surface area (Å²) in [6.07, 6.45) is 0.807. The normalized spacial score (nSPS) is 12.8. The van der Waals surface area contributed by atoms with Crippen molar-refractivity contribution in [2.75, 3.05) is 14.2 Å². The number of hydrogen-bond acceptors (Lipinski definition) is 5. The maximum atomic E-state index is 12.4. The van der Waals surface area contributed by atoms with Gasteiger partial charge in [-0.05, 0) is 69.5 Å². The van der Waals surface area contributed by atoms with E-state index in [1.165, 1.54) is 0 Å². The summed E-state index contributed by atoms with van der Waals surface area (Å²) in [5.41, 5.74) is 1.25. The average Bonchev–Trinajstić information content (AvgIpc) is 2.70. The molecule has 2 N–H and O–H groups in total. The molecule has 0 spiro atoms. The molecule has 0 aliphatic heterocycles. The van der Waals surface area contributed by atoms with Crippen molar-refractivity contribution < 1.29 is 22.7 Å². The molecule has 0 aliphatic carbocycles. The topological polar surface area (TPSA) is 93.7 Å². The number of benzene rings is 2. The van der Waals surface area contributed by atoms with Crippen LogP contribution in [0.25, 0.3) is 0 Å². The fourth-order valence-electron chi connectivity index (χ4n) is 3.07. The second kappa shape index (κ2) is 10.2. The summed E-state index contributed by atoms with van der Waals surface area (Å²) in [5.74, 6) is 1.15. The molecule has 7 nitrogen and oxygen atoms in total. The van der Waals surface area contributed by atoms with Gasteiger partial charge in [0.15, 0.2) is 11.5 Å². The van der Waals surface area contributed by atoms with Crippen molar-refractivity contribution in [3.63, 3.8) is 0 Å². The van der Waals surface area contributed by atoms with Gasteiger partial charge in [-0.15, -0.1) is 0 Å². The largest absolute Gasteiger partial charge is 0.493 e. The minimum atomic E-state index is -3.57. The Hall–Kier alpha value is -2.58. The highest BCUT2D eigenvalue weighted by atomic mass is 32.2. The monoisotopic (exact) mass is 448 g/mol. The van der Waals surface area contributed by atoms with Crippen molar-refractivity contribution in [2.24, 2.45) is 0 Å². The van der Waals surface area contributed by atoms with Crippen molar-refractivity contribution in [1.82, 2.24) is 10.0 Å². The summed E-state index contributed by atoms with van der Waals surface area (Å²) in [5, 5.41) is 2.98. The predicted molar refractivity (Wildman–Crippen MR) is 121 cm³/mol. The molecule has 1 amide bonds. The number of carbonyl (C=O) groups is 1. The SMILES string of the molecule is COc1ccc([C@@H](C)NC(=O)CCc2ccc(S(=O)(=O)NC(C)(C)C)cc2)cc1OC. The zero-order valence-electron chi connectivity index (χ0n) is 19.0. The molecule has 0 aliphatic rings. The van der Waals surface area contributed by atoms with E-state index in [9.17, 15) is 13.2 Å². The lowest BCUT2D eigenvalue weighted by atomic mass is 10.1. The Morgan fingerprint density at radius 2 is 1.61 bits per heavy atom. The van der Waals surface area contributed by atoms with Crippen molar-refractivity contribution in [1.29, 1.82) is 0 Å². The molecular formula is C23H32N2O5S. The van der Waals surface area contributed by atoms with Crippen LogP contribution in [0.2, 0.25) is 0 Å². The molecule has 2 aromatic rings. The molecule has 170 valence electrons. The van der Waals surface area contributed by atoms with Crippen molar-refractivity contribution >= 4 is 15.9 Å². The van der Waals surface area contributed by atoms with E-state index in [1.54, 1.807) is 65.3 Å². The number of aryl methyl sites for hydroxylation is 1. The van der Waals surface area contributed by atoms with Crippen LogP contribution in [0.15, 0.2) is 47.4 Å². The maximum absolute atomic E-state index is 12.4. The Balaban J connectivity index is 1.94. The quantitative estimate of drug-likeness (QED) is 0.611. The van der Waals surface area contributed by atoms with Gasteiger partial charge in [-0.25, -0.2) is 13.1 Å². The number of hydrogen-bond donors (Lipinski definition) is 2. The van der Waals surface area contributed by atoms with Crippen LogP contribution in [-0.4, -0.2) is 34.1 Å². The third-order valence-electron chi connectivity index (χ3n) is 4.60. The van der Waals surface area contributed by atoms with E-state index < -0.39 is 15.6 Å². The molecule has 1 atom stereocenters. The molecule has 0 heterocycles. The fraction of sp³-hybridized carbons (Fsp3) is 0.435. The summed E-state index contributed by atoms with van der Waals surface area (Å²) < 4.78 is 37.9. The fourth-order valence-corrected chi connectivity index (χ4v) is 4.49. The average molecular weight is 449 g/mol. The van der Waals surface area contributed by atoms with E-state index in [0.717, 1.165) is 11.1 Å². The van der Waals surface area contributed by atoms with Gasteiger partial charge < -0.3 is 14.8 Å². The van der Waals surface area contributed by atoms with Gasteiger partial charge in [0.1, 0.15) is 0 Å². The van der Waals surface area contributed by atoms with Crippen molar-refractivity contribution in [2.45, 2.75) is 57.0 Å². The first kappa shape index (κ1) is 24.7. The van der Waals surface area contributed by atoms with Gasteiger partial charge in [-0.1, -0.05) is 18.2 Å². The van der Waals surface area contributed by atoms with E-state index in [2.05, 4.69) is 10.0 Å². The zero-order chi connectivity index (χ0) is 23.2. The zero-order valence-corrected chi connectivity index (χ0v) is 19.8. The van der Waals surface area contributed by atoms with Crippen LogP contribution in [0.3, 0.4) is 0 Å². The summed E-state index contributed by atoms with van der Waals surface area (Å²) in [7, 11) is -0.427. The molecule has 0 bridgehead atoms. The van der Waals surface area contributed by atoms with Gasteiger partial charge in [-0.3, -0.25) is 4.79 Å². The van der Waals surface area contributed by atoms with Gasteiger partial charge in [0.2, 0.25) is 15.9 Å². The number of amides is 1. The Labute approximate surface area is 185 Å². The highest BCUT2D eigenvalue weighted by Gasteiger charge is 2.21. The predicted octanol–water partition coefficient (Wildman–Crippen LogP) is 3.59. The molecule has 31 heavy (non-hydrogen) atoms. The van der Waals surface area contributed by atoms with Crippen molar-refractivity contribution in [3.8, 4) is 11.5 Å². The van der Waals surface area contributed by atoms with Crippen molar-refractivity contribution in [3.05, 3.63) is 53.6 Å². The Morgan fingerprint density at radius 1 is 1.00 bits per heavy atom. The van der Waals surface area contributed by atoms with Crippen LogP contribution >= 0.6 is 0 Å². The number of carbonyl (C=O) groups excluding carboxylic acids is 1. The molecule has 0 saturated carbocycles. The van der Waals surface area contributed by atoms with Gasteiger partial charge >= 0.3 is 0 Å². The van der Waals surface area contributed by atoms with E-state index in [0.29, 0.717) is 24.3 Å². The van der Waals surface area contributed by atoms with E-state index >= 15 is 0 Å². The number of methoxy groups -OCH3 is 2. The minimum absolute atomic E-state index is 0.0895. The molecule has 8 heteroatoms. The van der Waals surface area contributed by atoms with E-state index in [4.69, 9.17) is 9.47 Å². The highest BCUT2D eigenvalue weighted by molar-refractivity contribution is 7.89. The first-order chi connectivity index (χ1) is 14.4. The van der Waals surface area contributed by atoms with Crippen LogP contribution in [0.4, 0.5) is 0 Å². The van der Waals surface area contributed by atoms with Crippen LogP contribution in [0.5, 0.6) is 11.5 Å². The van der Waals surface area contributed by atoms with Crippen LogP contribution in [0.1, 0.15) is 51.3 Å². The van der Waals surface area contributed by atoms with Crippen LogP contribution in [-0.2, 0) is 21.2 Å². The Morgan fingerprint density at radius 3 is 2.16 bits per heavy atom. The molecule has 0 radical (unpaired) electrons. The summed E-state index contributed by atoms with van der Waals surface area (Å²) in [6, 6.07) is 11.9. The van der Waals surface area contributed by atoms with Crippen LogP contribution < -0.4 is 19.5 Å². The Bertz CT molecular complexity index is 996. The standard InChI is InChI=1S/C23H32N2O5S/c1-16(18-10-13-20(29-5)21(15-18)30-6)24-22(26)14-9-17-7-11-19(12-8-17)31(27,28)25-23(2,3)4/h7-8,10-13,15-16,25H,9,14H2,1-6H3,(H,24,26)/t16-/m1/s1. The van der Waals surface area contributed by atoms with Gasteiger partial charge in [0.05, 0.1) is 25.2 Å². The number of nitrogens with one attached hydrogen (secondary N) is 2. The van der Waals surface area contributed by atoms with Gasteiger partial charge in [-0.2, -0.15) is 0 Å². The molecule has 2 aromatic carbocycles. The number of rotatable bonds is 9. The molecule has 0 aromatic heterocycles. The van der Waals surface area contributed by atoms with E-state index in [-0.39, 0.29) is 16.8 Å². The lowest BCUT2D eigenvalue weighted by Crippen LogP contribution is -2.40. The first-order valence-electron chi connectivity index (χ1n) is 10.1. The van der Waals surface area contributed by atoms with Gasteiger partial charge in [0, 0.05) is 12.0 Å². The summed E-state index contributed by atoms with van der Waals surface area (Å²) in [6.45, 7) is 7.28. The summed E-state index contributed by atoms with van der Waals surface area (Å²) in [4.78, 5) is 12.6. The maximum Gasteiger partial charge on any atom is 0.241 e. The van der Waals surface area contributed by atoms with Crippen LogP contribution in [0, 0.1) is 0 Å². The number of ether oxygens (including phenoxy) is 2. The minimum Gasteiger partial charge on any atom is -0.493 e. The second-order valence-corrected chi connectivity index (χ2v) is 10.1. The second-order valence-electron chi connectivity index (χ2n) is 8.40. The molecule has 0 unspecified atom stereocenters. The molecule has 0 fully saturated rings. The first-order valence-corrected chi connectivity index (χ1v) is 11.6. The molecular weight excluding hydrogens is 416 g/mol. The van der Waals surface area contributed by atoms with Gasteiger partial charge in [0.25, 0.3) is 0 Å². The molecule has 0 saturated heterocycles. The third-order valence-corrected chi connectivity index (χ3v) is 6.37. The third kappa shape index (κ3) is 7.25. The smallest absolute Gasteiger partial charge is 0.241 e. The lowest BCUT2D eigenvalue weighted by Gasteiger charge is -2.20. The number of sulfonamides is 1. The molecule has 2 rings (SSSR count). The summed E-state index contributed by atoms with van der Waals surface area (Å²) >= 11 is 0. The Kier molecular flexibility index (Phi) is 8.08. The lowest BCUT2D eigenvalue weighted by molar-refractivity contribution is -0.121. The van der Waals surface area contributed by atoms with E-state index in [1.807, 2.05) is 19.1 Å².